The molecule has 0 bridgehead atoms. The summed E-state index contributed by atoms with van der Waals surface area (Å²) in [6.07, 6.45) is 9.66. The number of carbonyl (C=O) groups is 3. The Morgan fingerprint density at radius 2 is 0.840 bits per heavy atom. The first kappa shape index (κ1) is 45.9. The number of aliphatic hydroxyl groups excluding tert-OH is 4. The number of phenols is 2. The van der Waals surface area contributed by atoms with Crippen molar-refractivity contribution in [1.82, 2.24) is 0 Å². The van der Waals surface area contributed by atoms with Crippen LogP contribution in [0.15, 0.2) is 48.5 Å². The largest absolute Gasteiger partial charge is 0.519 e. The SMILES string of the molecule is O=C(CCCCCO)OCCCCCCO.O=C(OCCCCCO)OCCCCCO.O=C(Oc1cccc(O)c1)Oc1cccc(O)c1. The van der Waals surface area contributed by atoms with Crippen molar-refractivity contribution in [3.8, 4) is 23.0 Å². The predicted molar refractivity (Wildman–Crippen MR) is 184 cm³/mol. The number of hydrogen-bond acceptors (Lipinski definition) is 14. The van der Waals surface area contributed by atoms with Gasteiger partial charge in [0.2, 0.25) is 0 Å². The fourth-order valence-electron chi connectivity index (χ4n) is 3.82. The van der Waals surface area contributed by atoms with Crippen molar-refractivity contribution in [3.05, 3.63) is 48.5 Å². The van der Waals surface area contributed by atoms with Crippen molar-refractivity contribution in [1.29, 1.82) is 0 Å². The van der Waals surface area contributed by atoms with E-state index in [4.69, 9.17) is 44.1 Å². The Labute approximate surface area is 294 Å². The highest BCUT2D eigenvalue weighted by molar-refractivity contribution is 5.69. The van der Waals surface area contributed by atoms with Crippen LogP contribution in [0, 0.1) is 0 Å². The first-order valence-electron chi connectivity index (χ1n) is 17.1. The molecule has 0 aliphatic rings. The third-order valence-electron chi connectivity index (χ3n) is 6.44. The molecule has 0 atom stereocenters. The van der Waals surface area contributed by atoms with Crippen molar-refractivity contribution in [3.63, 3.8) is 0 Å². The second kappa shape index (κ2) is 33.4. The Morgan fingerprint density at radius 1 is 0.460 bits per heavy atom. The number of benzene rings is 2. The smallest absolute Gasteiger partial charge is 0.508 e. The molecular weight excluding hydrogens is 656 g/mol. The summed E-state index contributed by atoms with van der Waals surface area (Å²) in [4.78, 5) is 33.5. The van der Waals surface area contributed by atoms with Crippen molar-refractivity contribution < 1.29 is 68.7 Å². The highest BCUT2D eigenvalue weighted by atomic mass is 16.7. The summed E-state index contributed by atoms with van der Waals surface area (Å²) < 4.78 is 24.3. The van der Waals surface area contributed by atoms with Crippen LogP contribution in [0.1, 0.15) is 89.9 Å². The van der Waals surface area contributed by atoms with Crippen molar-refractivity contribution >= 4 is 18.3 Å². The van der Waals surface area contributed by atoms with Crippen molar-refractivity contribution in [2.24, 2.45) is 0 Å². The van der Waals surface area contributed by atoms with Gasteiger partial charge >= 0.3 is 18.3 Å². The van der Waals surface area contributed by atoms with Crippen molar-refractivity contribution in [2.75, 3.05) is 46.2 Å². The van der Waals surface area contributed by atoms with Crippen molar-refractivity contribution in [2.45, 2.75) is 89.9 Å². The third-order valence-corrected chi connectivity index (χ3v) is 6.44. The molecule has 14 nitrogen and oxygen atoms in total. The van der Waals surface area contributed by atoms with Gasteiger partial charge in [-0.3, -0.25) is 4.79 Å². The molecule has 14 heteroatoms. The van der Waals surface area contributed by atoms with Gasteiger partial charge in [-0.2, -0.15) is 0 Å². The minimum Gasteiger partial charge on any atom is -0.508 e. The zero-order valence-corrected chi connectivity index (χ0v) is 28.9. The number of hydrogen-bond donors (Lipinski definition) is 6. The van der Waals surface area contributed by atoms with Gasteiger partial charge in [0.1, 0.15) is 23.0 Å². The molecule has 0 aliphatic heterocycles. The van der Waals surface area contributed by atoms with Crippen LogP contribution in [0.2, 0.25) is 0 Å². The molecule has 0 unspecified atom stereocenters. The van der Waals surface area contributed by atoms with Crippen LogP contribution in [0.25, 0.3) is 0 Å². The lowest BCUT2D eigenvalue weighted by Gasteiger charge is -2.05. The summed E-state index contributed by atoms with van der Waals surface area (Å²) in [5.74, 6) is 0.163. The van der Waals surface area contributed by atoms with Gasteiger partial charge in [-0.25, -0.2) is 9.59 Å². The Balaban J connectivity index is 0.000000723. The summed E-state index contributed by atoms with van der Waals surface area (Å²) >= 11 is 0. The molecule has 284 valence electrons. The van der Waals surface area contributed by atoms with Gasteiger partial charge in [0.05, 0.1) is 19.8 Å². The van der Waals surface area contributed by atoms with Gasteiger partial charge in [0, 0.05) is 45.0 Å². The maximum absolute atomic E-state index is 11.4. The monoisotopic (exact) mass is 712 g/mol. The maximum atomic E-state index is 11.4. The lowest BCUT2D eigenvalue weighted by Crippen LogP contribution is -2.13. The van der Waals surface area contributed by atoms with Crippen LogP contribution in [0.5, 0.6) is 23.0 Å². The topological polar surface area (TPSA) is 219 Å². The molecule has 2 rings (SSSR count). The van der Waals surface area contributed by atoms with Crippen LogP contribution in [-0.4, -0.2) is 95.2 Å². The minimum atomic E-state index is -0.953. The van der Waals surface area contributed by atoms with E-state index in [1.807, 2.05) is 0 Å². The van der Waals surface area contributed by atoms with Crippen LogP contribution >= 0.6 is 0 Å². The van der Waals surface area contributed by atoms with Gasteiger partial charge in [-0.15, -0.1) is 0 Å². The lowest BCUT2D eigenvalue weighted by atomic mass is 10.2. The zero-order chi connectivity index (χ0) is 37.1. The number of unbranched alkanes of at least 4 members (excludes halogenated alkanes) is 9. The molecule has 0 spiro atoms. The van der Waals surface area contributed by atoms with E-state index in [-0.39, 0.29) is 55.4 Å². The number of esters is 1. The second-order valence-corrected chi connectivity index (χ2v) is 10.9. The number of carbonyl (C=O) groups excluding carboxylic acids is 3. The highest BCUT2D eigenvalue weighted by Crippen LogP contribution is 2.21. The number of aromatic hydroxyl groups is 2. The van der Waals surface area contributed by atoms with Gasteiger partial charge in [-0.05, 0) is 94.9 Å². The van der Waals surface area contributed by atoms with Crippen LogP contribution in [0.4, 0.5) is 9.59 Å². The predicted octanol–water partition coefficient (Wildman–Crippen LogP) is 5.78. The van der Waals surface area contributed by atoms with Gasteiger partial charge < -0.3 is 54.3 Å². The van der Waals surface area contributed by atoms with E-state index >= 15 is 0 Å². The van der Waals surface area contributed by atoms with Crippen LogP contribution in [-0.2, 0) is 19.0 Å². The molecule has 0 heterocycles. The molecule has 0 aliphatic carbocycles. The van der Waals surface area contributed by atoms with Gasteiger partial charge in [-0.1, -0.05) is 25.0 Å². The zero-order valence-electron chi connectivity index (χ0n) is 28.9. The minimum absolute atomic E-state index is 0.0161. The molecule has 0 saturated heterocycles. The molecule has 0 radical (unpaired) electrons. The number of ether oxygens (including phenoxy) is 5. The summed E-state index contributed by atoms with van der Waals surface area (Å²) in [5.41, 5.74) is 0. The maximum Gasteiger partial charge on any atom is 0.519 e. The highest BCUT2D eigenvalue weighted by Gasteiger charge is 2.09. The van der Waals surface area contributed by atoms with E-state index in [0.29, 0.717) is 26.2 Å². The van der Waals surface area contributed by atoms with E-state index in [1.165, 1.54) is 48.5 Å². The van der Waals surface area contributed by atoms with E-state index in [0.717, 1.165) is 83.5 Å². The average Bonchev–Trinajstić information content (AvgIpc) is 3.08. The first-order chi connectivity index (χ1) is 24.2. The molecule has 2 aromatic rings. The quantitative estimate of drug-likeness (QED) is 0.0458. The molecule has 0 amide bonds. The summed E-state index contributed by atoms with van der Waals surface area (Å²) in [5, 5.41) is 52.5. The van der Waals surface area contributed by atoms with Crippen LogP contribution in [0.3, 0.4) is 0 Å². The fraction of sp³-hybridized carbons (Fsp3) is 0.583. The Hall–Kier alpha value is -4.11. The summed E-state index contributed by atoms with van der Waals surface area (Å²) in [6, 6.07) is 11.5. The summed E-state index contributed by atoms with van der Waals surface area (Å²) in [7, 11) is 0. The Morgan fingerprint density at radius 3 is 1.26 bits per heavy atom. The molecule has 6 N–H and O–H groups in total. The van der Waals surface area contributed by atoms with Gasteiger partial charge in [0.25, 0.3) is 0 Å². The fourth-order valence-corrected chi connectivity index (χ4v) is 3.82. The lowest BCUT2D eigenvalue weighted by molar-refractivity contribution is -0.143. The Bertz CT molecular complexity index is 1060. The van der Waals surface area contributed by atoms with Gasteiger partial charge in [0.15, 0.2) is 0 Å². The van der Waals surface area contributed by atoms with Crippen LogP contribution < -0.4 is 9.47 Å². The molecular formula is C36H56O14. The average molecular weight is 713 g/mol. The second-order valence-electron chi connectivity index (χ2n) is 10.9. The molecule has 0 saturated carbocycles. The summed E-state index contributed by atoms with van der Waals surface area (Å²) in [6.45, 7) is 1.96. The molecule has 2 aromatic carbocycles. The standard InChI is InChI=1S/C13H10O5.C12H24O4.C11H22O5/c14-9-3-1-5-11(7-9)17-13(16)18-12-6-2-4-10(15)8-12;13-9-5-1-2-7-11-16-12(15)8-4-3-6-10-14;12-7-3-1-5-9-15-11(14)16-10-6-2-4-8-13/h1-8,14-15H;13-14H,1-11H2;12-13H,1-10H2. The normalized spacial score (nSPS) is 10.1. The number of aliphatic hydroxyl groups is 4. The molecule has 50 heavy (non-hydrogen) atoms. The number of rotatable bonds is 23. The molecule has 0 aromatic heterocycles. The van der Waals surface area contributed by atoms with E-state index < -0.39 is 12.3 Å². The third kappa shape index (κ3) is 30.0. The van der Waals surface area contributed by atoms with E-state index in [1.54, 1.807) is 0 Å². The van der Waals surface area contributed by atoms with E-state index in [9.17, 15) is 24.6 Å². The first-order valence-corrected chi connectivity index (χ1v) is 17.1. The Kier molecular flexibility index (Phi) is 30.6. The van der Waals surface area contributed by atoms with E-state index in [2.05, 4.69) is 0 Å². The number of phenolic OH excluding ortho intramolecular Hbond substituents is 2. The molecule has 0 fully saturated rings.